The number of aromatic nitrogens is 2. The Morgan fingerprint density at radius 2 is 1.65 bits per heavy atom. The van der Waals surface area contributed by atoms with Gasteiger partial charge in [-0.25, -0.2) is 13.4 Å². The van der Waals surface area contributed by atoms with Crippen LogP contribution in [0.1, 0.15) is 57.0 Å². The molecule has 0 saturated carbocycles. The van der Waals surface area contributed by atoms with Gasteiger partial charge in [0.1, 0.15) is 11.7 Å². The van der Waals surface area contributed by atoms with Gasteiger partial charge in [0, 0.05) is 24.1 Å². The zero-order valence-electron chi connectivity index (χ0n) is 23.6. The maximum absolute atomic E-state index is 13.9. The summed E-state index contributed by atoms with van der Waals surface area (Å²) in [6.45, 7) is 7.10. The number of nitrogens with two attached hydrogens (primary N) is 2. The van der Waals surface area contributed by atoms with E-state index in [9.17, 15) is 8.42 Å². The number of nitrogen functional groups attached to an aromatic ring is 1. The fourth-order valence-electron chi connectivity index (χ4n) is 4.89. The third-order valence-corrected chi connectivity index (χ3v) is 9.43. The van der Waals surface area contributed by atoms with Crippen LogP contribution in [0.2, 0.25) is 0 Å². The number of rotatable bonds is 13. The van der Waals surface area contributed by atoms with Crippen LogP contribution in [-0.2, 0) is 29.4 Å². The van der Waals surface area contributed by atoms with E-state index < -0.39 is 15.6 Å². The molecule has 212 valence electrons. The van der Waals surface area contributed by atoms with Gasteiger partial charge in [0.2, 0.25) is 0 Å². The Balaban J connectivity index is 1.73. The van der Waals surface area contributed by atoms with Gasteiger partial charge in [-0.2, -0.15) is 0 Å². The topological polar surface area (TPSA) is 131 Å². The van der Waals surface area contributed by atoms with Crippen LogP contribution in [-0.4, -0.2) is 35.9 Å². The van der Waals surface area contributed by atoms with Crippen LogP contribution in [0, 0.1) is 5.41 Å². The predicted octanol–water partition coefficient (Wildman–Crippen LogP) is 5.23. The van der Waals surface area contributed by atoms with Crippen molar-refractivity contribution in [2.75, 3.05) is 10.8 Å². The van der Waals surface area contributed by atoms with Gasteiger partial charge in [0.05, 0.1) is 28.2 Å². The van der Waals surface area contributed by atoms with Gasteiger partial charge < -0.3 is 16.0 Å². The van der Waals surface area contributed by atoms with Crippen molar-refractivity contribution in [1.82, 2.24) is 9.55 Å². The molecule has 40 heavy (non-hydrogen) atoms. The highest BCUT2D eigenvalue weighted by atomic mass is 32.2. The van der Waals surface area contributed by atoms with Crippen LogP contribution in [0.4, 0.5) is 5.69 Å². The molecule has 0 aliphatic rings. The molecule has 1 heterocycles. The SMILES string of the molecule is CCCn1c(CCc2ccc(C(=N)N)cc2)nc2cc(N(CC(N)(CC)CC)S(=O)(=O)c3ccccc3)ccc21. The Morgan fingerprint density at radius 3 is 2.25 bits per heavy atom. The highest BCUT2D eigenvalue weighted by Gasteiger charge is 2.32. The van der Waals surface area contributed by atoms with Crippen molar-refractivity contribution in [2.24, 2.45) is 11.5 Å². The average Bonchev–Trinajstić information content (AvgIpc) is 3.31. The zero-order valence-corrected chi connectivity index (χ0v) is 24.4. The van der Waals surface area contributed by atoms with E-state index in [4.69, 9.17) is 21.9 Å². The minimum Gasteiger partial charge on any atom is -0.384 e. The van der Waals surface area contributed by atoms with E-state index in [2.05, 4.69) is 11.5 Å². The van der Waals surface area contributed by atoms with Crippen LogP contribution in [0.5, 0.6) is 0 Å². The summed E-state index contributed by atoms with van der Waals surface area (Å²) >= 11 is 0. The molecular formula is C31H40N6O2S. The minimum atomic E-state index is -3.85. The van der Waals surface area contributed by atoms with Crippen molar-refractivity contribution in [3.63, 3.8) is 0 Å². The summed E-state index contributed by atoms with van der Waals surface area (Å²) in [6, 6.07) is 21.9. The molecule has 9 heteroatoms. The van der Waals surface area contributed by atoms with Gasteiger partial charge in [0.15, 0.2) is 0 Å². The van der Waals surface area contributed by atoms with Crippen molar-refractivity contribution in [1.29, 1.82) is 5.41 Å². The summed E-state index contributed by atoms with van der Waals surface area (Å²) in [5.41, 5.74) is 15.7. The standard InChI is InChI=1S/C31H40N6O2S/c1-4-20-36-28-18-17-25(21-27(28)35-29(36)19-14-23-12-15-24(16-13-23)30(32)33)37(22-31(34,5-2)6-3)40(38,39)26-10-8-7-9-11-26/h7-13,15-18,21H,4-6,14,19-20,22,34H2,1-3H3,(H3,32,33). The molecule has 0 saturated heterocycles. The Labute approximate surface area is 237 Å². The number of nitrogens with one attached hydrogen (secondary N) is 1. The summed E-state index contributed by atoms with van der Waals surface area (Å²) in [4.78, 5) is 5.22. The first kappa shape index (κ1) is 29.3. The third kappa shape index (κ3) is 6.21. The van der Waals surface area contributed by atoms with Crippen molar-refractivity contribution in [2.45, 2.75) is 69.9 Å². The molecule has 4 aromatic rings. The van der Waals surface area contributed by atoms with E-state index in [0.29, 0.717) is 24.1 Å². The van der Waals surface area contributed by atoms with Crippen LogP contribution in [0.25, 0.3) is 11.0 Å². The number of fused-ring (bicyclic) bond motifs is 1. The second-order valence-electron chi connectivity index (χ2n) is 10.4. The van der Waals surface area contributed by atoms with Crippen molar-refractivity contribution >= 4 is 32.6 Å². The lowest BCUT2D eigenvalue weighted by Gasteiger charge is -2.34. The number of aryl methyl sites for hydroxylation is 3. The first-order chi connectivity index (χ1) is 19.1. The normalized spacial score (nSPS) is 12.1. The van der Waals surface area contributed by atoms with Gasteiger partial charge in [0.25, 0.3) is 10.0 Å². The maximum Gasteiger partial charge on any atom is 0.264 e. The van der Waals surface area contributed by atoms with Crippen molar-refractivity contribution in [3.05, 3.63) is 89.7 Å². The lowest BCUT2D eigenvalue weighted by molar-refractivity contribution is 0.406. The highest BCUT2D eigenvalue weighted by molar-refractivity contribution is 7.92. The lowest BCUT2D eigenvalue weighted by Crippen LogP contribution is -2.51. The number of nitrogens with zero attached hydrogens (tertiary/aromatic N) is 3. The molecule has 8 nitrogen and oxygen atoms in total. The number of hydrogen-bond donors (Lipinski definition) is 3. The van der Waals surface area contributed by atoms with Crippen LogP contribution < -0.4 is 15.8 Å². The highest BCUT2D eigenvalue weighted by Crippen LogP contribution is 2.30. The molecule has 0 unspecified atom stereocenters. The fourth-order valence-corrected chi connectivity index (χ4v) is 6.46. The van der Waals surface area contributed by atoms with Gasteiger partial charge in [-0.1, -0.05) is 63.2 Å². The molecule has 3 aromatic carbocycles. The van der Waals surface area contributed by atoms with Crippen LogP contribution in [0.15, 0.2) is 77.7 Å². The van der Waals surface area contributed by atoms with E-state index in [1.807, 2.05) is 56.3 Å². The quantitative estimate of drug-likeness (QED) is 0.152. The first-order valence-electron chi connectivity index (χ1n) is 13.9. The van der Waals surface area contributed by atoms with E-state index in [1.54, 1.807) is 30.3 Å². The maximum atomic E-state index is 13.9. The molecule has 0 fully saturated rings. The van der Waals surface area contributed by atoms with E-state index in [-0.39, 0.29) is 17.3 Å². The van der Waals surface area contributed by atoms with Gasteiger partial charge in [-0.15, -0.1) is 0 Å². The Morgan fingerprint density at radius 1 is 0.975 bits per heavy atom. The third-order valence-electron chi connectivity index (χ3n) is 7.65. The smallest absolute Gasteiger partial charge is 0.264 e. The molecule has 0 bridgehead atoms. The number of amidine groups is 1. The van der Waals surface area contributed by atoms with E-state index >= 15 is 0 Å². The summed E-state index contributed by atoms with van der Waals surface area (Å²) in [5.74, 6) is 1.01. The van der Waals surface area contributed by atoms with Crippen LogP contribution in [0.3, 0.4) is 0 Å². The van der Waals surface area contributed by atoms with E-state index in [1.165, 1.54) is 4.31 Å². The average molecular weight is 561 g/mol. The number of hydrogen-bond acceptors (Lipinski definition) is 5. The largest absolute Gasteiger partial charge is 0.384 e. The van der Waals surface area contributed by atoms with Crippen molar-refractivity contribution < 1.29 is 8.42 Å². The van der Waals surface area contributed by atoms with Crippen LogP contribution >= 0.6 is 0 Å². The lowest BCUT2D eigenvalue weighted by atomic mass is 9.94. The molecule has 0 atom stereocenters. The fraction of sp³-hybridized carbons (Fsp3) is 0.355. The zero-order chi connectivity index (χ0) is 28.9. The Bertz CT molecular complexity index is 1560. The summed E-state index contributed by atoms with van der Waals surface area (Å²) in [5, 5.41) is 7.60. The first-order valence-corrected chi connectivity index (χ1v) is 15.3. The molecule has 0 aliphatic carbocycles. The monoisotopic (exact) mass is 560 g/mol. The summed E-state index contributed by atoms with van der Waals surface area (Å²) in [7, 11) is -3.85. The molecule has 0 amide bonds. The molecular weight excluding hydrogens is 520 g/mol. The molecule has 5 N–H and O–H groups in total. The predicted molar refractivity (Wildman–Crippen MR) is 163 cm³/mol. The van der Waals surface area contributed by atoms with Gasteiger partial charge in [-0.3, -0.25) is 9.71 Å². The summed E-state index contributed by atoms with van der Waals surface area (Å²) in [6.07, 6.45) is 3.76. The Hall–Kier alpha value is -3.69. The molecule has 1 aromatic heterocycles. The number of imidazole rings is 1. The minimum absolute atomic E-state index is 0.0557. The molecule has 4 rings (SSSR count). The van der Waals surface area contributed by atoms with Crippen molar-refractivity contribution in [3.8, 4) is 0 Å². The Kier molecular flexibility index (Phi) is 8.95. The molecule has 0 radical (unpaired) electrons. The molecule has 0 spiro atoms. The second-order valence-corrected chi connectivity index (χ2v) is 12.2. The second kappa shape index (κ2) is 12.2. The van der Waals surface area contributed by atoms with Gasteiger partial charge in [-0.05, 0) is 61.6 Å². The summed E-state index contributed by atoms with van der Waals surface area (Å²) < 4.78 is 31.5. The van der Waals surface area contributed by atoms with E-state index in [0.717, 1.165) is 48.2 Å². The number of sulfonamides is 1. The van der Waals surface area contributed by atoms with Gasteiger partial charge >= 0.3 is 0 Å². The number of benzene rings is 3. The molecule has 0 aliphatic heterocycles. The number of anilines is 1.